The minimum atomic E-state index is -4.06. The highest BCUT2D eigenvalue weighted by atomic mass is 32.2. The van der Waals surface area contributed by atoms with Gasteiger partial charge in [-0.1, -0.05) is 54.1 Å². The van der Waals surface area contributed by atoms with Gasteiger partial charge in [0, 0.05) is 23.6 Å². The van der Waals surface area contributed by atoms with Crippen molar-refractivity contribution in [3.63, 3.8) is 0 Å². The smallest absolute Gasteiger partial charge is 0.322 e. The summed E-state index contributed by atoms with van der Waals surface area (Å²) in [5, 5.41) is 12.6. The van der Waals surface area contributed by atoms with Gasteiger partial charge in [0.15, 0.2) is 0 Å². The summed E-state index contributed by atoms with van der Waals surface area (Å²) >= 11 is 0. The summed E-state index contributed by atoms with van der Waals surface area (Å²) in [5.41, 5.74) is 5.55. The molecule has 3 aromatic carbocycles. The van der Waals surface area contributed by atoms with Crippen molar-refractivity contribution in [1.82, 2.24) is 9.71 Å². The fraction of sp³-hybridized carbons (Fsp3) is 0.167. The quantitative estimate of drug-likeness (QED) is 0.276. The van der Waals surface area contributed by atoms with Crippen LogP contribution in [0.4, 0.5) is 5.69 Å². The number of aryl methyl sites for hydroxylation is 3. The van der Waals surface area contributed by atoms with Crippen LogP contribution < -0.4 is 10.0 Å². The third-order valence-corrected chi connectivity index (χ3v) is 8.04. The van der Waals surface area contributed by atoms with Crippen molar-refractivity contribution >= 4 is 27.6 Å². The molecule has 1 atom stereocenters. The predicted molar refractivity (Wildman–Crippen MR) is 150 cm³/mol. The van der Waals surface area contributed by atoms with Crippen molar-refractivity contribution in [2.75, 3.05) is 5.32 Å². The Morgan fingerprint density at radius 3 is 2.13 bits per heavy atom. The number of nitrogens with zero attached hydrogens (tertiary/aromatic N) is 1. The fourth-order valence-corrected chi connectivity index (χ4v) is 6.21. The van der Waals surface area contributed by atoms with Crippen molar-refractivity contribution < 1.29 is 23.1 Å². The monoisotopic (exact) mass is 543 g/mol. The molecule has 1 aromatic heterocycles. The molecule has 0 bridgehead atoms. The van der Waals surface area contributed by atoms with Crippen molar-refractivity contribution in [3.05, 3.63) is 113 Å². The van der Waals surface area contributed by atoms with Crippen molar-refractivity contribution in [2.45, 2.75) is 38.1 Å². The number of hydrogen-bond donors (Lipinski definition) is 3. The summed E-state index contributed by atoms with van der Waals surface area (Å²) in [6, 6.07) is 20.0. The zero-order valence-corrected chi connectivity index (χ0v) is 22.6. The lowest BCUT2D eigenvalue weighted by Gasteiger charge is -2.18. The Labute approximate surface area is 227 Å². The number of benzene rings is 3. The predicted octanol–water partition coefficient (Wildman–Crippen LogP) is 4.90. The summed E-state index contributed by atoms with van der Waals surface area (Å²) in [5.74, 6) is -1.51. The van der Waals surface area contributed by atoms with Gasteiger partial charge in [0.05, 0.1) is 4.90 Å². The first-order chi connectivity index (χ1) is 18.5. The highest BCUT2D eigenvalue weighted by Gasteiger charge is 2.28. The van der Waals surface area contributed by atoms with E-state index >= 15 is 0 Å². The van der Waals surface area contributed by atoms with E-state index in [0.717, 1.165) is 16.7 Å². The molecule has 0 radical (unpaired) electrons. The molecule has 1 heterocycles. The van der Waals surface area contributed by atoms with Gasteiger partial charge >= 0.3 is 5.97 Å². The van der Waals surface area contributed by atoms with E-state index in [1.807, 2.05) is 37.3 Å². The molecule has 8 nitrogen and oxygen atoms in total. The van der Waals surface area contributed by atoms with Crippen molar-refractivity contribution in [1.29, 1.82) is 0 Å². The normalized spacial score (nSPS) is 12.1. The van der Waals surface area contributed by atoms with E-state index in [1.54, 1.807) is 68.7 Å². The molecule has 0 fully saturated rings. The zero-order chi connectivity index (χ0) is 28.2. The molecule has 1 amide bonds. The number of anilines is 1. The zero-order valence-electron chi connectivity index (χ0n) is 21.8. The molecule has 4 rings (SSSR count). The first-order valence-electron chi connectivity index (χ1n) is 12.3. The van der Waals surface area contributed by atoms with E-state index < -0.39 is 22.0 Å². The number of aliphatic carboxylic acids is 1. The lowest BCUT2D eigenvalue weighted by Crippen LogP contribution is -2.42. The van der Waals surface area contributed by atoms with Gasteiger partial charge in [-0.15, -0.1) is 0 Å². The van der Waals surface area contributed by atoms with Gasteiger partial charge in [-0.3, -0.25) is 14.6 Å². The van der Waals surface area contributed by atoms with Gasteiger partial charge in [-0.2, -0.15) is 4.72 Å². The first-order valence-corrected chi connectivity index (χ1v) is 13.8. The number of hydrogen-bond acceptors (Lipinski definition) is 5. The number of amides is 1. The molecule has 0 saturated heterocycles. The molecule has 0 aliphatic carbocycles. The van der Waals surface area contributed by atoms with Crippen LogP contribution in [-0.4, -0.2) is 36.4 Å². The highest BCUT2D eigenvalue weighted by molar-refractivity contribution is 7.89. The summed E-state index contributed by atoms with van der Waals surface area (Å²) < 4.78 is 28.6. The molecule has 3 N–H and O–H groups in total. The molecule has 0 aliphatic heterocycles. The topological polar surface area (TPSA) is 125 Å². The second kappa shape index (κ2) is 11.6. The van der Waals surface area contributed by atoms with Crippen LogP contribution in [0.3, 0.4) is 0 Å². The maximum Gasteiger partial charge on any atom is 0.322 e. The molecule has 4 aromatic rings. The standard InChI is InChI=1S/C30H29N3O5S/c1-19-15-20(2)28(21(3)16-19)39(37,38)33-27(30(35)36)17-22-7-9-23(10-8-22)25-5-4-6-26(18-25)32-29(34)24-11-13-31-14-12-24/h4-16,18,27,33H,17H2,1-3H3,(H,32,34)(H,35,36)/t27-/m0/s1. The molecule has 9 heteroatoms. The van der Waals surface area contributed by atoms with Crippen molar-refractivity contribution in [2.24, 2.45) is 0 Å². The lowest BCUT2D eigenvalue weighted by molar-refractivity contribution is -0.138. The van der Waals surface area contributed by atoms with Gasteiger partial charge in [-0.05, 0) is 79.3 Å². The number of pyridine rings is 1. The van der Waals surface area contributed by atoms with Gasteiger partial charge < -0.3 is 10.4 Å². The van der Waals surface area contributed by atoms with Crippen LogP contribution in [-0.2, 0) is 21.2 Å². The van der Waals surface area contributed by atoms with Crippen LogP contribution in [0.1, 0.15) is 32.6 Å². The van der Waals surface area contributed by atoms with Gasteiger partial charge in [0.1, 0.15) is 6.04 Å². The summed E-state index contributed by atoms with van der Waals surface area (Å²) in [7, 11) is -4.06. The second-order valence-electron chi connectivity index (χ2n) is 9.41. The minimum absolute atomic E-state index is 0.0270. The maximum atomic E-state index is 13.1. The Hall–Kier alpha value is -4.34. The summed E-state index contributed by atoms with van der Waals surface area (Å²) in [6.07, 6.45) is 3.08. The average Bonchev–Trinajstić information content (AvgIpc) is 2.88. The lowest BCUT2D eigenvalue weighted by atomic mass is 10.0. The maximum absolute atomic E-state index is 13.1. The molecular formula is C30H29N3O5S. The van der Waals surface area contributed by atoms with E-state index in [9.17, 15) is 23.1 Å². The SMILES string of the molecule is Cc1cc(C)c(S(=O)(=O)N[C@@H](Cc2ccc(-c3cccc(NC(=O)c4ccncc4)c3)cc2)C(=O)O)c(C)c1. The van der Waals surface area contributed by atoms with E-state index in [4.69, 9.17) is 0 Å². The number of nitrogens with one attached hydrogen (secondary N) is 2. The fourth-order valence-electron chi connectivity index (χ4n) is 4.57. The van der Waals surface area contributed by atoms with Gasteiger partial charge in [0.2, 0.25) is 10.0 Å². The van der Waals surface area contributed by atoms with E-state index in [-0.39, 0.29) is 17.2 Å². The Morgan fingerprint density at radius 1 is 0.872 bits per heavy atom. The highest BCUT2D eigenvalue weighted by Crippen LogP contribution is 2.25. The number of carbonyl (C=O) groups excluding carboxylic acids is 1. The minimum Gasteiger partial charge on any atom is -0.480 e. The van der Waals surface area contributed by atoms with E-state index in [1.165, 1.54) is 0 Å². The van der Waals surface area contributed by atoms with E-state index in [0.29, 0.717) is 27.9 Å². The Kier molecular flexibility index (Phi) is 8.23. The largest absolute Gasteiger partial charge is 0.480 e. The average molecular weight is 544 g/mol. The number of carbonyl (C=O) groups is 2. The third kappa shape index (κ3) is 6.76. The summed E-state index contributed by atoms with van der Waals surface area (Å²) in [4.78, 5) is 28.5. The molecule has 0 aliphatic rings. The van der Waals surface area contributed by atoms with Crippen molar-refractivity contribution in [3.8, 4) is 11.1 Å². The summed E-state index contributed by atoms with van der Waals surface area (Å²) in [6.45, 7) is 5.27. The van der Waals surface area contributed by atoms with Gasteiger partial charge in [0.25, 0.3) is 5.91 Å². The van der Waals surface area contributed by atoms with Crippen LogP contribution in [0, 0.1) is 20.8 Å². The molecule has 0 spiro atoms. The van der Waals surface area contributed by atoms with Crippen LogP contribution in [0.25, 0.3) is 11.1 Å². The first kappa shape index (κ1) is 27.7. The van der Waals surface area contributed by atoms with Gasteiger partial charge in [-0.25, -0.2) is 8.42 Å². The van der Waals surface area contributed by atoms with Crippen LogP contribution in [0.2, 0.25) is 0 Å². The third-order valence-electron chi connectivity index (χ3n) is 6.26. The van der Waals surface area contributed by atoms with Crippen LogP contribution in [0.5, 0.6) is 0 Å². The Balaban J connectivity index is 1.49. The van der Waals surface area contributed by atoms with Crippen LogP contribution in [0.15, 0.2) is 90.1 Å². The molecule has 0 unspecified atom stereocenters. The Bertz CT molecular complexity index is 1600. The second-order valence-corrected chi connectivity index (χ2v) is 11.1. The number of rotatable bonds is 9. The molecule has 0 saturated carbocycles. The Morgan fingerprint density at radius 2 is 1.51 bits per heavy atom. The molecular weight excluding hydrogens is 514 g/mol. The number of aromatic nitrogens is 1. The number of sulfonamides is 1. The number of carboxylic acid groups (broad SMARTS) is 1. The number of carboxylic acids is 1. The van der Waals surface area contributed by atoms with Crippen LogP contribution >= 0.6 is 0 Å². The molecule has 200 valence electrons. The molecule has 39 heavy (non-hydrogen) atoms. The van der Waals surface area contributed by atoms with E-state index in [2.05, 4.69) is 15.0 Å².